The highest BCUT2D eigenvalue weighted by atomic mass is 79.9. The van der Waals surface area contributed by atoms with E-state index >= 15 is 0 Å². The molecule has 1 N–H and O–H groups in total. The van der Waals surface area contributed by atoms with Crippen LogP contribution >= 0.6 is 28.1 Å². The zero-order valence-corrected chi connectivity index (χ0v) is 11.8. The standard InChI is InChI=1S/C14H12BrNS/c1-10-6-2-3-7-11(10)14(17)16-13-9-5-4-8-12(13)15/h2-9H,1H3,(H,16,17). The number of anilines is 1. The zero-order chi connectivity index (χ0) is 12.3. The Hall–Kier alpha value is -1.19. The van der Waals surface area contributed by atoms with Crippen molar-refractivity contribution in [2.45, 2.75) is 6.92 Å². The molecule has 0 aliphatic rings. The molecular weight excluding hydrogens is 294 g/mol. The molecule has 17 heavy (non-hydrogen) atoms. The summed E-state index contributed by atoms with van der Waals surface area (Å²) in [4.78, 5) is 0.745. The first-order chi connectivity index (χ1) is 8.18. The molecule has 0 radical (unpaired) electrons. The van der Waals surface area contributed by atoms with E-state index in [1.54, 1.807) is 0 Å². The Kier molecular flexibility index (Phi) is 3.92. The minimum atomic E-state index is 0.745. The van der Waals surface area contributed by atoms with E-state index in [9.17, 15) is 0 Å². The van der Waals surface area contributed by atoms with Crippen LogP contribution < -0.4 is 5.32 Å². The van der Waals surface area contributed by atoms with Crippen LogP contribution in [-0.4, -0.2) is 4.99 Å². The maximum Gasteiger partial charge on any atom is 0.111 e. The van der Waals surface area contributed by atoms with Gasteiger partial charge < -0.3 is 5.32 Å². The predicted molar refractivity (Wildman–Crippen MR) is 80.6 cm³/mol. The quantitative estimate of drug-likeness (QED) is 0.817. The topological polar surface area (TPSA) is 12.0 Å². The van der Waals surface area contributed by atoms with Crippen LogP contribution in [0.15, 0.2) is 53.0 Å². The molecule has 2 aromatic rings. The lowest BCUT2D eigenvalue weighted by Crippen LogP contribution is -2.12. The lowest BCUT2D eigenvalue weighted by atomic mass is 10.1. The van der Waals surface area contributed by atoms with Crippen molar-refractivity contribution in [2.75, 3.05) is 5.32 Å². The van der Waals surface area contributed by atoms with E-state index in [1.165, 1.54) is 5.56 Å². The Morgan fingerprint density at radius 2 is 1.71 bits per heavy atom. The summed E-state index contributed by atoms with van der Waals surface area (Å²) < 4.78 is 1.01. The van der Waals surface area contributed by atoms with E-state index in [0.717, 1.165) is 20.7 Å². The van der Waals surface area contributed by atoms with Crippen molar-refractivity contribution in [2.24, 2.45) is 0 Å². The second-order valence-electron chi connectivity index (χ2n) is 3.75. The average Bonchev–Trinajstić information content (AvgIpc) is 2.32. The first-order valence-corrected chi connectivity index (χ1v) is 6.50. The average molecular weight is 306 g/mol. The maximum atomic E-state index is 5.42. The van der Waals surface area contributed by atoms with E-state index in [-0.39, 0.29) is 0 Å². The van der Waals surface area contributed by atoms with E-state index in [4.69, 9.17) is 12.2 Å². The largest absolute Gasteiger partial charge is 0.345 e. The lowest BCUT2D eigenvalue weighted by molar-refractivity contribution is 1.44. The molecule has 0 spiro atoms. The zero-order valence-electron chi connectivity index (χ0n) is 9.41. The first kappa shape index (κ1) is 12.3. The predicted octanol–water partition coefficient (Wildman–Crippen LogP) is 4.55. The van der Waals surface area contributed by atoms with Gasteiger partial charge in [0.15, 0.2) is 0 Å². The summed E-state index contributed by atoms with van der Waals surface area (Å²) in [6.45, 7) is 2.06. The molecule has 0 aromatic heterocycles. The van der Waals surface area contributed by atoms with Crippen LogP contribution in [-0.2, 0) is 0 Å². The van der Waals surface area contributed by atoms with Crippen molar-refractivity contribution in [3.8, 4) is 0 Å². The van der Waals surface area contributed by atoms with Crippen molar-refractivity contribution in [1.29, 1.82) is 0 Å². The molecule has 2 aromatic carbocycles. The third-order valence-electron chi connectivity index (χ3n) is 2.51. The SMILES string of the molecule is Cc1ccccc1C(=S)Nc1ccccc1Br. The number of thiocarbonyl (C=S) groups is 1. The molecule has 0 saturated carbocycles. The monoisotopic (exact) mass is 305 g/mol. The van der Waals surface area contributed by atoms with Crippen LogP contribution in [0.4, 0.5) is 5.69 Å². The summed E-state index contributed by atoms with van der Waals surface area (Å²) in [5.41, 5.74) is 3.23. The minimum Gasteiger partial charge on any atom is -0.345 e. The van der Waals surface area contributed by atoms with Gasteiger partial charge in [0.1, 0.15) is 4.99 Å². The van der Waals surface area contributed by atoms with Gasteiger partial charge in [0.25, 0.3) is 0 Å². The second-order valence-corrected chi connectivity index (χ2v) is 5.01. The third-order valence-corrected chi connectivity index (χ3v) is 3.53. The van der Waals surface area contributed by atoms with Gasteiger partial charge in [-0.05, 0) is 40.5 Å². The van der Waals surface area contributed by atoms with Gasteiger partial charge in [-0.1, -0.05) is 48.6 Å². The Labute approximate surface area is 115 Å². The second kappa shape index (κ2) is 5.43. The van der Waals surface area contributed by atoms with Gasteiger partial charge in [0, 0.05) is 10.0 Å². The van der Waals surface area contributed by atoms with Gasteiger partial charge in [0.2, 0.25) is 0 Å². The third kappa shape index (κ3) is 2.93. The van der Waals surface area contributed by atoms with Crippen molar-refractivity contribution in [1.82, 2.24) is 0 Å². The van der Waals surface area contributed by atoms with Crippen LogP contribution in [0.1, 0.15) is 11.1 Å². The molecule has 0 bridgehead atoms. The van der Waals surface area contributed by atoms with Crippen molar-refractivity contribution < 1.29 is 0 Å². The number of benzene rings is 2. The van der Waals surface area contributed by atoms with Crippen LogP contribution in [0, 0.1) is 6.92 Å². The molecule has 0 saturated heterocycles. The minimum absolute atomic E-state index is 0.745. The van der Waals surface area contributed by atoms with Gasteiger partial charge in [-0.3, -0.25) is 0 Å². The number of rotatable bonds is 2. The number of nitrogens with one attached hydrogen (secondary N) is 1. The van der Waals surface area contributed by atoms with Gasteiger partial charge in [-0.25, -0.2) is 0 Å². The molecule has 0 atom stereocenters. The Morgan fingerprint density at radius 3 is 2.41 bits per heavy atom. The van der Waals surface area contributed by atoms with Crippen molar-refractivity contribution in [3.63, 3.8) is 0 Å². The molecule has 2 rings (SSSR count). The highest BCUT2D eigenvalue weighted by Gasteiger charge is 2.05. The number of para-hydroxylation sites is 1. The van der Waals surface area contributed by atoms with E-state index in [0.29, 0.717) is 0 Å². The summed E-state index contributed by atoms with van der Waals surface area (Å²) in [6.07, 6.45) is 0. The van der Waals surface area contributed by atoms with E-state index in [1.807, 2.05) is 42.5 Å². The van der Waals surface area contributed by atoms with Crippen molar-refractivity contribution in [3.05, 3.63) is 64.1 Å². The summed E-state index contributed by atoms with van der Waals surface area (Å²) in [6, 6.07) is 16.0. The smallest absolute Gasteiger partial charge is 0.111 e. The van der Waals surface area contributed by atoms with Gasteiger partial charge in [0.05, 0.1) is 5.69 Å². The molecule has 0 aliphatic carbocycles. The van der Waals surface area contributed by atoms with Crippen molar-refractivity contribution >= 4 is 38.8 Å². The summed E-state index contributed by atoms with van der Waals surface area (Å²) in [7, 11) is 0. The highest BCUT2D eigenvalue weighted by Crippen LogP contribution is 2.22. The molecule has 86 valence electrons. The number of halogens is 1. The molecular formula is C14H12BrNS. The van der Waals surface area contributed by atoms with E-state index < -0.39 is 0 Å². The maximum absolute atomic E-state index is 5.42. The lowest BCUT2D eigenvalue weighted by Gasteiger charge is -2.11. The number of hydrogen-bond donors (Lipinski definition) is 1. The number of hydrogen-bond acceptors (Lipinski definition) is 1. The van der Waals surface area contributed by atoms with Crippen LogP contribution in [0.5, 0.6) is 0 Å². The Balaban J connectivity index is 2.24. The van der Waals surface area contributed by atoms with E-state index in [2.05, 4.69) is 34.2 Å². The fourth-order valence-electron chi connectivity index (χ4n) is 1.58. The molecule has 1 nitrogen and oxygen atoms in total. The van der Waals surface area contributed by atoms with Gasteiger partial charge >= 0.3 is 0 Å². The number of aryl methyl sites for hydroxylation is 1. The summed E-state index contributed by atoms with van der Waals surface area (Å²) in [5, 5.41) is 3.25. The molecule has 3 heteroatoms. The highest BCUT2D eigenvalue weighted by molar-refractivity contribution is 9.10. The first-order valence-electron chi connectivity index (χ1n) is 5.30. The van der Waals surface area contributed by atoms with Gasteiger partial charge in [-0.2, -0.15) is 0 Å². The summed E-state index contributed by atoms with van der Waals surface area (Å²) >= 11 is 8.91. The molecule has 0 unspecified atom stereocenters. The Bertz CT molecular complexity index is 551. The fourth-order valence-corrected chi connectivity index (χ4v) is 2.30. The molecule has 0 heterocycles. The normalized spacial score (nSPS) is 10.0. The molecule has 0 amide bonds. The van der Waals surface area contributed by atoms with Crippen LogP contribution in [0.2, 0.25) is 0 Å². The van der Waals surface area contributed by atoms with Gasteiger partial charge in [-0.15, -0.1) is 0 Å². The molecule has 0 aliphatic heterocycles. The van der Waals surface area contributed by atoms with Crippen LogP contribution in [0.3, 0.4) is 0 Å². The van der Waals surface area contributed by atoms with Crippen LogP contribution in [0.25, 0.3) is 0 Å². The molecule has 0 fully saturated rings. The Morgan fingerprint density at radius 1 is 1.06 bits per heavy atom. The fraction of sp³-hybridized carbons (Fsp3) is 0.0714. The summed E-state index contributed by atoms with van der Waals surface area (Å²) in [5.74, 6) is 0.